The van der Waals surface area contributed by atoms with Gasteiger partial charge in [0.15, 0.2) is 0 Å². The molecule has 0 saturated carbocycles. The van der Waals surface area contributed by atoms with Crippen LogP contribution >= 0.6 is 0 Å². The van der Waals surface area contributed by atoms with Gasteiger partial charge in [-0.25, -0.2) is 0 Å². The highest BCUT2D eigenvalue weighted by Crippen LogP contribution is 2.30. The first-order chi connectivity index (χ1) is 9.84. The van der Waals surface area contributed by atoms with Gasteiger partial charge in [0.1, 0.15) is 0 Å². The maximum Gasteiger partial charge on any atom is 0.0744 e. The molecule has 104 valence electrons. The fourth-order valence-electron chi connectivity index (χ4n) is 3.01. The first kappa shape index (κ1) is 13.3. The fraction of sp³-hybridized carbons (Fsp3) is 0.333. The molecule has 1 aliphatic rings. The molecule has 0 aliphatic carbocycles. The van der Waals surface area contributed by atoms with Gasteiger partial charge in [-0.15, -0.1) is 0 Å². The Labute approximate surface area is 121 Å². The summed E-state index contributed by atoms with van der Waals surface area (Å²) in [6.07, 6.45) is 0.231. The first-order valence-corrected chi connectivity index (χ1v) is 7.29. The SMILES string of the molecule is CC1OCCN(Cc2ccccc2)C1c1ccccc1. The number of rotatable bonds is 3. The molecule has 2 unspecified atom stereocenters. The van der Waals surface area contributed by atoms with Crippen LogP contribution in [0.2, 0.25) is 0 Å². The second-order valence-electron chi connectivity index (χ2n) is 5.39. The molecule has 0 amide bonds. The molecule has 0 aromatic heterocycles. The minimum atomic E-state index is 0.231. The molecule has 0 bridgehead atoms. The van der Waals surface area contributed by atoms with Crippen LogP contribution in [0.3, 0.4) is 0 Å². The molecule has 2 aromatic carbocycles. The molecule has 2 heteroatoms. The lowest BCUT2D eigenvalue weighted by Crippen LogP contribution is -2.43. The zero-order valence-electron chi connectivity index (χ0n) is 11.9. The van der Waals surface area contributed by atoms with Gasteiger partial charge in [-0.1, -0.05) is 60.7 Å². The van der Waals surface area contributed by atoms with E-state index in [0.29, 0.717) is 6.04 Å². The van der Waals surface area contributed by atoms with Crippen LogP contribution in [0.15, 0.2) is 60.7 Å². The Morgan fingerprint density at radius 2 is 1.65 bits per heavy atom. The van der Waals surface area contributed by atoms with E-state index in [1.165, 1.54) is 11.1 Å². The Morgan fingerprint density at radius 1 is 1.00 bits per heavy atom. The third kappa shape index (κ3) is 2.92. The van der Waals surface area contributed by atoms with E-state index in [0.717, 1.165) is 19.7 Å². The van der Waals surface area contributed by atoms with Crippen molar-refractivity contribution in [3.63, 3.8) is 0 Å². The number of benzene rings is 2. The van der Waals surface area contributed by atoms with Crippen molar-refractivity contribution in [1.29, 1.82) is 0 Å². The van der Waals surface area contributed by atoms with Gasteiger partial charge in [0.05, 0.1) is 18.8 Å². The second kappa shape index (κ2) is 6.21. The van der Waals surface area contributed by atoms with E-state index in [1.807, 2.05) is 0 Å². The Bertz CT molecular complexity index is 526. The maximum atomic E-state index is 5.87. The third-order valence-electron chi connectivity index (χ3n) is 3.97. The first-order valence-electron chi connectivity index (χ1n) is 7.29. The summed E-state index contributed by atoms with van der Waals surface area (Å²) in [5.41, 5.74) is 2.71. The quantitative estimate of drug-likeness (QED) is 0.841. The smallest absolute Gasteiger partial charge is 0.0744 e. The lowest BCUT2D eigenvalue weighted by Gasteiger charge is -2.40. The zero-order valence-corrected chi connectivity index (χ0v) is 11.9. The number of ether oxygens (including phenoxy) is 1. The van der Waals surface area contributed by atoms with Gasteiger partial charge in [-0.05, 0) is 18.1 Å². The molecule has 2 nitrogen and oxygen atoms in total. The standard InChI is InChI=1S/C18H21NO/c1-15-18(17-10-6-3-7-11-17)19(12-13-20-15)14-16-8-4-2-5-9-16/h2-11,15,18H,12-14H2,1H3. The van der Waals surface area contributed by atoms with Crippen LogP contribution in [0.25, 0.3) is 0 Å². The average Bonchev–Trinajstić information content (AvgIpc) is 2.49. The zero-order chi connectivity index (χ0) is 13.8. The van der Waals surface area contributed by atoms with Crippen molar-refractivity contribution in [1.82, 2.24) is 4.90 Å². The van der Waals surface area contributed by atoms with E-state index in [1.54, 1.807) is 0 Å². The van der Waals surface area contributed by atoms with Crippen molar-refractivity contribution in [2.45, 2.75) is 25.6 Å². The molecule has 20 heavy (non-hydrogen) atoms. The summed E-state index contributed by atoms with van der Waals surface area (Å²) in [5, 5.41) is 0. The summed E-state index contributed by atoms with van der Waals surface area (Å²) >= 11 is 0. The van der Waals surface area contributed by atoms with E-state index in [9.17, 15) is 0 Å². The number of hydrogen-bond donors (Lipinski definition) is 0. The molecule has 1 aliphatic heterocycles. The van der Waals surface area contributed by atoms with Crippen LogP contribution in [-0.4, -0.2) is 24.2 Å². The maximum absolute atomic E-state index is 5.87. The van der Waals surface area contributed by atoms with Crippen molar-refractivity contribution in [2.75, 3.05) is 13.2 Å². The van der Waals surface area contributed by atoms with Crippen molar-refractivity contribution >= 4 is 0 Å². The predicted molar refractivity (Wildman–Crippen MR) is 81.4 cm³/mol. The van der Waals surface area contributed by atoms with Crippen molar-refractivity contribution in [2.24, 2.45) is 0 Å². The third-order valence-corrected chi connectivity index (χ3v) is 3.97. The molecule has 1 saturated heterocycles. The van der Waals surface area contributed by atoms with Crippen LogP contribution in [-0.2, 0) is 11.3 Å². The minimum absolute atomic E-state index is 0.231. The van der Waals surface area contributed by atoms with Crippen LogP contribution in [0, 0.1) is 0 Å². The Kier molecular flexibility index (Phi) is 4.14. The fourth-order valence-corrected chi connectivity index (χ4v) is 3.01. The summed E-state index contributed by atoms with van der Waals surface area (Å²) in [6.45, 7) is 4.96. The van der Waals surface area contributed by atoms with E-state index in [4.69, 9.17) is 4.74 Å². The molecule has 1 heterocycles. The second-order valence-corrected chi connectivity index (χ2v) is 5.39. The lowest BCUT2D eigenvalue weighted by molar-refractivity contribution is -0.0668. The Balaban J connectivity index is 1.83. The van der Waals surface area contributed by atoms with Crippen LogP contribution < -0.4 is 0 Å². The van der Waals surface area contributed by atoms with Gasteiger partial charge in [-0.3, -0.25) is 4.90 Å². The van der Waals surface area contributed by atoms with E-state index >= 15 is 0 Å². The molecule has 0 N–H and O–H groups in total. The molecule has 1 fully saturated rings. The molecular weight excluding hydrogens is 246 g/mol. The van der Waals surface area contributed by atoms with Crippen LogP contribution in [0.4, 0.5) is 0 Å². The topological polar surface area (TPSA) is 12.5 Å². The van der Waals surface area contributed by atoms with Crippen molar-refractivity contribution in [3.8, 4) is 0 Å². The van der Waals surface area contributed by atoms with Gasteiger partial charge >= 0.3 is 0 Å². The van der Waals surface area contributed by atoms with E-state index in [-0.39, 0.29) is 6.10 Å². The normalized spacial score (nSPS) is 23.6. The van der Waals surface area contributed by atoms with Gasteiger partial charge in [0.2, 0.25) is 0 Å². The molecule has 3 rings (SSSR count). The summed E-state index contributed by atoms with van der Waals surface area (Å²) in [5.74, 6) is 0. The number of hydrogen-bond acceptors (Lipinski definition) is 2. The van der Waals surface area contributed by atoms with Crippen molar-refractivity contribution < 1.29 is 4.74 Å². The minimum Gasteiger partial charge on any atom is -0.375 e. The Morgan fingerprint density at radius 3 is 2.35 bits per heavy atom. The summed E-state index contributed by atoms with van der Waals surface area (Å²) in [7, 11) is 0. The highest BCUT2D eigenvalue weighted by molar-refractivity contribution is 5.22. The van der Waals surface area contributed by atoms with Crippen LogP contribution in [0.1, 0.15) is 24.1 Å². The van der Waals surface area contributed by atoms with Gasteiger partial charge in [-0.2, -0.15) is 0 Å². The summed E-state index contributed by atoms with van der Waals surface area (Å²) in [6, 6.07) is 21.7. The van der Waals surface area contributed by atoms with Crippen molar-refractivity contribution in [3.05, 3.63) is 71.8 Å². The lowest BCUT2D eigenvalue weighted by atomic mass is 9.98. The van der Waals surface area contributed by atoms with Gasteiger partial charge < -0.3 is 4.74 Å². The largest absolute Gasteiger partial charge is 0.375 e. The molecule has 2 atom stereocenters. The number of morpholine rings is 1. The van der Waals surface area contributed by atoms with E-state index in [2.05, 4.69) is 72.5 Å². The van der Waals surface area contributed by atoms with Gasteiger partial charge in [0, 0.05) is 13.1 Å². The summed E-state index contributed by atoms with van der Waals surface area (Å²) in [4.78, 5) is 2.53. The highest BCUT2D eigenvalue weighted by Gasteiger charge is 2.30. The number of nitrogens with zero attached hydrogens (tertiary/aromatic N) is 1. The predicted octanol–water partition coefficient (Wildman–Crippen LogP) is 3.65. The highest BCUT2D eigenvalue weighted by atomic mass is 16.5. The van der Waals surface area contributed by atoms with Crippen LogP contribution in [0.5, 0.6) is 0 Å². The van der Waals surface area contributed by atoms with E-state index < -0.39 is 0 Å². The Hall–Kier alpha value is -1.64. The average molecular weight is 267 g/mol. The van der Waals surface area contributed by atoms with Gasteiger partial charge in [0.25, 0.3) is 0 Å². The molecule has 0 radical (unpaired) electrons. The molecule has 0 spiro atoms. The molecule has 2 aromatic rings. The summed E-state index contributed by atoms with van der Waals surface area (Å²) < 4.78 is 5.87. The monoisotopic (exact) mass is 267 g/mol. The molecular formula is C18H21NO.